The van der Waals surface area contributed by atoms with Gasteiger partial charge in [-0.3, -0.25) is 0 Å². The predicted octanol–water partition coefficient (Wildman–Crippen LogP) is 3.47. The zero-order chi connectivity index (χ0) is 11.2. The fourth-order valence-electron chi connectivity index (χ4n) is 1.81. The van der Waals surface area contributed by atoms with E-state index in [-0.39, 0.29) is 5.41 Å². The fraction of sp³-hybridized carbons (Fsp3) is 0.846. The van der Waals surface area contributed by atoms with Crippen LogP contribution in [0.1, 0.15) is 41.0 Å². The van der Waals surface area contributed by atoms with Gasteiger partial charge in [-0.1, -0.05) is 40.7 Å². The fourth-order valence-corrected chi connectivity index (χ4v) is 1.81. The highest BCUT2D eigenvalue weighted by atomic mass is 14.9. The van der Waals surface area contributed by atoms with Crippen molar-refractivity contribution in [2.24, 2.45) is 17.3 Å². The van der Waals surface area contributed by atoms with Gasteiger partial charge in [-0.25, -0.2) is 0 Å². The monoisotopic (exact) mass is 197 g/mol. The van der Waals surface area contributed by atoms with Gasteiger partial charge in [0, 0.05) is 6.54 Å². The van der Waals surface area contributed by atoms with Crippen LogP contribution in [0.2, 0.25) is 0 Å². The lowest BCUT2D eigenvalue weighted by Crippen LogP contribution is -2.33. The van der Waals surface area contributed by atoms with E-state index in [0.29, 0.717) is 0 Å². The molecule has 14 heavy (non-hydrogen) atoms. The minimum Gasteiger partial charge on any atom is -0.316 e. The Labute approximate surface area is 90.0 Å². The van der Waals surface area contributed by atoms with Crippen LogP contribution in [0.4, 0.5) is 0 Å². The van der Waals surface area contributed by atoms with E-state index in [0.717, 1.165) is 24.9 Å². The van der Waals surface area contributed by atoms with E-state index in [1.54, 1.807) is 0 Å². The first-order valence-corrected chi connectivity index (χ1v) is 5.74. The van der Waals surface area contributed by atoms with Gasteiger partial charge in [0.25, 0.3) is 0 Å². The summed E-state index contributed by atoms with van der Waals surface area (Å²) in [5.74, 6) is 1.46. The van der Waals surface area contributed by atoms with Gasteiger partial charge in [0.2, 0.25) is 0 Å². The standard InChI is InChI=1S/C13H27N/c1-7-13(6,8-11(2)3)10-14-9-12(4)5/h7,11-12,14H,1,8-10H2,2-6H3. The zero-order valence-corrected chi connectivity index (χ0v) is 10.6. The minimum absolute atomic E-state index is 0.253. The van der Waals surface area contributed by atoms with Crippen molar-refractivity contribution in [3.8, 4) is 0 Å². The van der Waals surface area contributed by atoms with Crippen LogP contribution in [0.3, 0.4) is 0 Å². The maximum absolute atomic E-state index is 3.94. The summed E-state index contributed by atoms with van der Waals surface area (Å²) in [5, 5.41) is 3.51. The van der Waals surface area contributed by atoms with Crippen molar-refractivity contribution in [1.29, 1.82) is 0 Å². The van der Waals surface area contributed by atoms with Crippen LogP contribution in [0.15, 0.2) is 12.7 Å². The maximum atomic E-state index is 3.94. The van der Waals surface area contributed by atoms with Crippen LogP contribution in [-0.2, 0) is 0 Å². The first-order valence-electron chi connectivity index (χ1n) is 5.74. The lowest BCUT2D eigenvalue weighted by molar-refractivity contribution is 0.311. The van der Waals surface area contributed by atoms with Crippen LogP contribution >= 0.6 is 0 Å². The average Bonchev–Trinajstić information content (AvgIpc) is 2.02. The largest absolute Gasteiger partial charge is 0.316 e. The summed E-state index contributed by atoms with van der Waals surface area (Å²) in [6.45, 7) is 17.4. The Hall–Kier alpha value is -0.300. The Morgan fingerprint density at radius 3 is 2.14 bits per heavy atom. The molecule has 1 unspecified atom stereocenters. The molecule has 1 nitrogen and oxygen atoms in total. The Bertz CT molecular complexity index is 161. The number of hydrogen-bond acceptors (Lipinski definition) is 1. The van der Waals surface area contributed by atoms with Gasteiger partial charge < -0.3 is 5.32 Å². The van der Waals surface area contributed by atoms with Gasteiger partial charge in [-0.2, -0.15) is 0 Å². The SMILES string of the molecule is C=CC(C)(CNCC(C)C)CC(C)C. The van der Waals surface area contributed by atoms with Crippen LogP contribution < -0.4 is 5.32 Å². The van der Waals surface area contributed by atoms with Crippen molar-refractivity contribution in [1.82, 2.24) is 5.32 Å². The number of rotatable bonds is 7. The molecular weight excluding hydrogens is 170 g/mol. The van der Waals surface area contributed by atoms with E-state index < -0.39 is 0 Å². The molecule has 0 aliphatic heterocycles. The van der Waals surface area contributed by atoms with Crippen LogP contribution in [0.25, 0.3) is 0 Å². The van der Waals surface area contributed by atoms with Gasteiger partial charge >= 0.3 is 0 Å². The van der Waals surface area contributed by atoms with E-state index in [1.165, 1.54) is 6.42 Å². The second kappa shape index (κ2) is 6.23. The highest BCUT2D eigenvalue weighted by molar-refractivity contribution is 4.93. The van der Waals surface area contributed by atoms with E-state index in [2.05, 4.69) is 52.6 Å². The summed E-state index contributed by atoms with van der Waals surface area (Å²) < 4.78 is 0. The second-order valence-electron chi connectivity index (χ2n) is 5.48. The van der Waals surface area contributed by atoms with Crippen molar-refractivity contribution >= 4 is 0 Å². The van der Waals surface area contributed by atoms with E-state index in [9.17, 15) is 0 Å². The molecule has 0 spiro atoms. The van der Waals surface area contributed by atoms with Crippen molar-refractivity contribution < 1.29 is 0 Å². The molecule has 0 saturated carbocycles. The van der Waals surface area contributed by atoms with E-state index in [4.69, 9.17) is 0 Å². The third-order valence-corrected chi connectivity index (χ3v) is 2.45. The van der Waals surface area contributed by atoms with Gasteiger partial charge in [0.05, 0.1) is 0 Å². The molecule has 0 aromatic rings. The van der Waals surface area contributed by atoms with Gasteiger partial charge in [-0.05, 0) is 30.2 Å². The van der Waals surface area contributed by atoms with Gasteiger partial charge in [-0.15, -0.1) is 6.58 Å². The minimum atomic E-state index is 0.253. The first kappa shape index (κ1) is 13.7. The molecular formula is C13H27N. The summed E-state index contributed by atoms with van der Waals surface area (Å²) in [7, 11) is 0. The smallest absolute Gasteiger partial charge is 0.00400 e. The van der Waals surface area contributed by atoms with Crippen molar-refractivity contribution in [3.05, 3.63) is 12.7 Å². The molecule has 0 radical (unpaired) electrons. The molecule has 0 heterocycles. The molecule has 0 rings (SSSR count). The molecule has 0 amide bonds. The molecule has 0 fully saturated rings. The van der Waals surface area contributed by atoms with Crippen LogP contribution in [0, 0.1) is 17.3 Å². The second-order valence-corrected chi connectivity index (χ2v) is 5.48. The Kier molecular flexibility index (Phi) is 6.10. The van der Waals surface area contributed by atoms with Crippen molar-refractivity contribution in [2.75, 3.05) is 13.1 Å². The highest BCUT2D eigenvalue weighted by Gasteiger charge is 2.20. The average molecular weight is 197 g/mol. The summed E-state index contributed by atoms with van der Waals surface area (Å²) in [6.07, 6.45) is 3.31. The maximum Gasteiger partial charge on any atom is 0.00400 e. The summed E-state index contributed by atoms with van der Waals surface area (Å²) in [5.41, 5.74) is 0.253. The normalized spacial score (nSPS) is 15.9. The third kappa shape index (κ3) is 6.20. The zero-order valence-electron chi connectivity index (χ0n) is 10.6. The molecule has 1 atom stereocenters. The molecule has 0 aromatic carbocycles. The summed E-state index contributed by atoms with van der Waals surface area (Å²) in [4.78, 5) is 0. The molecule has 1 heteroatoms. The lowest BCUT2D eigenvalue weighted by atomic mass is 9.82. The first-order chi connectivity index (χ1) is 6.39. The molecule has 84 valence electrons. The Balaban J connectivity index is 3.93. The predicted molar refractivity (Wildman–Crippen MR) is 65.5 cm³/mol. The van der Waals surface area contributed by atoms with E-state index in [1.807, 2.05) is 0 Å². The highest BCUT2D eigenvalue weighted by Crippen LogP contribution is 2.26. The molecule has 0 aliphatic carbocycles. The topological polar surface area (TPSA) is 12.0 Å². The molecule has 1 N–H and O–H groups in total. The van der Waals surface area contributed by atoms with Crippen LogP contribution in [-0.4, -0.2) is 13.1 Å². The lowest BCUT2D eigenvalue weighted by Gasteiger charge is -2.28. The summed E-state index contributed by atoms with van der Waals surface area (Å²) in [6, 6.07) is 0. The third-order valence-electron chi connectivity index (χ3n) is 2.45. The number of nitrogens with one attached hydrogen (secondary N) is 1. The quantitative estimate of drug-likeness (QED) is 0.616. The van der Waals surface area contributed by atoms with E-state index >= 15 is 0 Å². The summed E-state index contributed by atoms with van der Waals surface area (Å²) >= 11 is 0. The Morgan fingerprint density at radius 2 is 1.79 bits per heavy atom. The van der Waals surface area contributed by atoms with Gasteiger partial charge in [0.15, 0.2) is 0 Å². The molecule has 0 bridgehead atoms. The van der Waals surface area contributed by atoms with Crippen LogP contribution in [0.5, 0.6) is 0 Å². The number of hydrogen-bond donors (Lipinski definition) is 1. The van der Waals surface area contributed by atoms with Crippen molar-refractivity contribution in [3.63, 3.8) is 0 Å². The van der Waals surface area contributed by atoms with Gasteiger partial charge in [0.1, 0.15) is 0 Å². The Morgan fingerprint density at radius 1 is 1.21 bits per heavy atom. The molecule has 0 saturated heterocycles. The van der Waals surface area contributed by atoms with Crippen molar-refractivity contribution in [2.45, 2.75) is 41.0 Å². The molecule has 0 aliphatic rings. The molecule has 0 aromatic heterocycles.